The Kier molecular flexibility index (Phi) is 4.59. The third-order valence-corrected chi connectivity index (χ3v) is 4.48. The fourth-order valence-corrected chi connectivity index (χ4v) is 3.19. The van der Waals surface area contributed by atoms with Gasteiger partial charge in [-0.05, 0) is 47.1 Å². The molecule has 2 rings (SSSR count). The minimum atomic E-state index is 0.00450. The summed E-state index contributed by atoms with van der Waals surface area (Å²) >= 11 is 8.40. The summed E-state index contributed by atoms with van der Waals surface area (Å²) in [7, 11) is 0. The quantitative estimate of drug-likeness (QED) is 0.683. The van der Waals surface area contributed by atoms with Gasteiger partial charge in [0.25, 0.3) is 0 Å². The zero-order chi connectivity index (χ0) is 13.1. The summed E-state index contributed by atoms with van der Waals surface area (Å²) in [6.07, 6.45) is 0. The molecule has 0 aliphatic rings. The molecule has 1 aromatic heterocycles. The molecule has 94 valence electrons. The molecule has 0 saturated heterocycles. The molecule has 5 heteroatoms. The Morgan fingerprint density at radius 1 is 1.28 bits per heavy atom. The Hall–Kier alpha value is -0.650. The lowest BCUT2D eigenvalue weighted by Crippen LogP contribution is -2.00. The number of hydrogen-bond acceptors (Lipinski definition) is 3. The zero-order valence-electron chi connectivity index (χ0n) is 9.57. The third kappa shape index (κ3) is 3.43. The average molecular weight is 390 g/mol. The van der Waals surface area contributed by atoms with Crippen molar-refractivity contribution in [2.45, 2.75) is 13.5 Å². The van der Waals surface area contributed by atoms with Gasteiger partial charge in [0, 0.05) is 19.2 Å². The second-order valence-electron chi connectivity index (χ2n) is 3.72. The first-order chi connectivity index (χ1) is 8.56. The predicted molar refractivity (Wildman–Crippen MR) is 80.5 cm³/mol. The van der Waals surface area contributed by atoms with Crippen LogP contribution in [0, 0.1) is 0 Å². The van der Waals surface area contributed by atoms with E-state index in [-0.39, 0.29) is 5.78 Å². The Balaban J connectivity index is 2.17. The van der Waals surface area contributed by atoms with Gasteiger partial charge in [0.1, 0.15) is 12.4 Å². The van der Waals surface area contributed by atoms with E-state index in [9.17, 15) is 4.79 Å². The number of Topliss-reactive ketones (excluding diaryl/α,β-unsaturated/α-hetero) is 1. The molecular weight excluding hydrogens is 380 g/mol. The first-order valence-corrected chi connectivity index (χ1v) is 7.69. The van der Waals surface area contributed by atoms with E-state index in [0.717, 1.165) is 13.8 Å². The normalized spacial score (nSPS) is 10.4. The third-order valence-electron chi connectivity index (χ3n) is 2.31. The minimum Gasteiger partial charge on any atom is -0.487 e. The van der Waals surface area contributed by atoms with Crippen LogP contribution < -0.4 is 4.74 Å². The monoisotopic (exact) mass is 388 g/mol. The van der Waals surface area contributed by atoms with Gasteiger partial charge >= 0.3 is 0 Å². The molecule has 0 saturated carbocycles. The van der Waals surface area contributed by atoms with Gasteiger partial charge in [-0.2, -0.15) is 0 Å². The second-order valence-corrected chi connectivity index (χ2v) is 6.54. The van der Waals surface area contributed by atoms with Crippen LogP contribution in [0.1, 0.15) is 22.2 Å². The summed E-state index contributed by atoms with van der Waals surface area (Å²) in [6.45, 7) is 2.00. The lowest BCUT2D eigenvalue weighted by atomic mass is 10.1. The molecule has 2 aromatic rings. The number of benzene rings is 1. The largest absolute Gasteiger partial charge is 0.487 e. The van der Waals surface area contributed by atoms with Crippen molar-refractivity contribution in [1.29, 1.82) is 0 Å². The molecule has 0 atom stereocenters. The highest BCUT2D eigenvalue weighted by molar-refractivity contribution is 9.10. The molecule has 0 radical (unpaired) electrons. The highest BCUT2D eigenvalue weighted by atomic mass is 79.9. The Bertz CT molecular complexity index is 578. The van der Waals surface area contributed by atoms with Crippen LogP contribution in [0.4, 0.5) is 0 Å². The molecule has 0 amide bonds. The summed E-state index contributed by atoms with van der Waals surface area (Å²) in [5.41, 5.74) is 0.605. The molecule has 0 unspecified atom stereocenters. The molecule has 0 bridgehead atoms. The van der Waals surface area contributed by atoms with E-state index in [0.29, 0.717) is 17.9 Å². The van der Waals surface area contributed by atoms with Gasteiger partial charge in [0.05, 0.1) is 5.56 Å². The molecule has 18 heavy (non-hydrogen) atoms. The highest BCUT2D eigenvalue weighted by Crippen LogP contribution is 2.26. The predicted octanol–water partition coefficient (Wildman–Crippen LogP) is 5.05. The summed E-state index contributed by atoms with van der Waals surface area (Å²) in [5.74, 6) is 0.617. The number of thiophene rings is 1. The van der Waals surface area contributed by atoms with E-state index >= 15 is 0 Å². The summed E-state index contributed by atoms with van der Waals surface area (Å²) in [5, 5.41) is 2.01. The van der Waals surface area contributed by atoms with E-state index in [4.69, 9.17) is 4.74 Å². The fraction of sp³-hybridized carbons (Fsp3) is 0.154. The van der Waals surface area contributed by atoms with Crippen molar-refractivity contribution in [3.63, 3.8) is 0 Å². The van der Waals surface area contributed by atoms with E-state index < -0.39 is 0 Å². The molecule has 0 aliphatic carbocycles. The van der Waals surface area contributed by atoms with Crippen LogP contribution in [0.3, 0.4) is 0 Å². The Morgan fingerprint density at radius 2 is 2.06 bits per heavy atom. The van der Waals surface area contributed by atoms with E-state index in [1.165, 1.54) is 6.92 Å². The first-order valence-electron chi connectivity index (χ1n) is 5.22. The zero-order valence-corrected chi connectivity index (χ0v) is 13.6. The van der Waals surface area contributed by atoms with Gasteiger partial charge < -0.3 is 4.74 Å². The van der Waals surface area contributed by atoms with Gasteiger partial charge in [-0.15, -0.1) is 11.3 Å². The average Bonchev–Trinajstić information content (AvgIpc) is 2.72. The van der Waals surface area contributed by atoms with Gasteiger partial charge in [-0.1, -0.05) is 15.9 Å². The van der Waals surface area contributed by atoms with E-state index in [2.05, 4.69) is 31.9 Å². The summed E-state index contributed by atoms with van der Waals surface area (Å²) in [6, 6.07) is 7.44. The van der Waals surface area contributed by atoms with Crippen molar-refractivity contribution in [2.24, 2.45) is 0 Å². The second kappa shape index (κ2) is 5.99. The smallest absolute Gasteiger partial charge is 0.163 e. The molecular formula is C13H10Br2O2S. The van der Waals surface area contributed by atoms with Crippen LogP contribution in [-0.4, -0.2) is 5.78 Å². The number of ether oxygens (including phenoxy) is 1. The van der Waals surface area contributed by atoms with Crippen LogP contribution in [0.5, 0.6) is 5.75 Å². The minimum absolute atomic E-state index is 0.00450. The maximum Gasteiger partial charge on any atom is 0.163 e. The Labute approximate surface area is 126 Å². The van der Waals surface area contributed by atoms with Crippen LogP contribution >= 0.6 is 43.2 Å². The van der Waals surface area contributed by atoms with Crippen molar-refractivity contribution in [2.75, 3.05) is 0 Å². The van der Waals surface area contributed by atoms with Crippen LogP contribution in [0.2, 0.25) is 0 Å². The fourth-order valence-electron chi connectivity index (χ4n) is 1.48. The lowest BCUT2D eigenvalue weighted by molar-refractivity contribution is 0.101. The van der Waals surface area contributed by atoms with Gasteiger partial charge in [0.15, 0.2) is 5.78 Å². The van der Waals surface area contributed by atoms with E-state index in [1.54, 1.807) is 17.4 Å². The summed E-state index contributed by atoms with van der Waals surface area (Å²) in [4.78, 5) is 12.6. The molecule has 0 spiro atoms. The van der Waals surface area contributed by atoms with Gasteiger partial charge in [-0.25, -0.2) is 0 Å². The van der Waals surface area contributed by atoms with Crippen LogP contribution in [0.15, 0.2) is 38.6 Å². The van der Waals surface area contributed by atoms with Crippen molar-refractivity contribution >= 4 is 49.0 Å². The summed E-state index contributed by atoms with van der Waals surface area (Å²) < 4.78 is 7.66. The number of halogens is 2. The van der Waals surface area contributed by atoms with Crippen molar-refractivity contribution in [1.82, 2.24) is 0 Å². The standard InChI is InChI=1S/C13H10Br2O2S/c1-8(16)12-3-2-9(14)5-13(12)17-6-11-4-10(15)7-18-11/h2-5,7H,6H2,1H3. The Morgan fingerprint density at radius 3 is 2.67 bits per heavy atom. The number of carbonyl (C=O) groups is 1. The lowest BCUT2D eigenvalue weighted by Gasteiger charge is -2.09. The SMILES string of the molecule is CC(=O)c1ccc(Br)cc1OCc1cc(Br)cs1. The number of hydrogen-bond donors (Lipinski definition) is 0. The van der Waals surface area contributed by atoms with Crippen molar-refractivity contribution in [3.8, 4) is 5.75 Å². The maximum absolute atomic E-state index is 11.5. The number of rotatable bonds is 4. The number of ketones is 1. The molecule has 2 nitrogen and oxygen atoms in total. The van der Waals surface area contributed by atoms with Gasteiger partial charge in [-0.3, -0.25) is 4.79 Å². The highest BCUT2D eigenvalue weighted by Gasteiger charge is 2.09. The maximum atomic E-state index is 11.5. The van der Waals surface area contributed by atoms with Crippen molar-refractivity contribution < 1.29 is 9.53 Å². The van der Waals surface area contributed by atoms with E-state index in [1.807, 2.05) is 23.6 Å². The molecule has 1 aromatic carbocycles. The molecule has 0 fully saturated rings. The number of carbonyl (C=O) groups excluding carboxylic acids is 1. The van der Waals surface area contributed by atoms with Gasteiger partial charge in [0.2, 0.25) is 0 Å². The molecule has 1 heterocycles. The van der Waals surface area contributed by atoms with Crippen LogP contribution in [0.25, 0.3) is 0 Å². The topological polar surface area (TPSA) is 26.3 Å². The molecule has 0 N–H and O–H groups in total. The molecule has 0 aliphatic heterocycles. The van der Waals surface area contributed by atoms with Crippen LogP contribution in [-0.2, 0) is 6.61 Å². The first kappa shape index (κ1) is 13.8. The van der Waals surface area contributed by atoms with Crippen molar-refractivity contribution in [3.05, 3.63) is 49.0 Å².